The van der Waals surface area contributed by atoms with Gasteiger partial charge in [0.2, 0.25) is 0 Å². The smallest absolute Gasteiger partial charge is 0.257 e. The Morgan fingerprint density at radius 1 is 0.914 bits per heavy atom. The number of aromatic nitrogens is 1. The molecule has 9 heteroatoms. The lowest BCUT2D eigenvalue weighted by molar-refractivity contribution is -0.126. The lowest BCUT2D eigenvalue weighted by Crippen LogP contribution is -2.52. The van der Waals surface area contributed by atoms with E-state index in [1.165, 1.54) is 17.0 Å². The molecule has 2 amide bonds. The highest BCUT2D eigenvalue weighted by Gasteiger charge is 2.43. The number of carbonyl (C=O) groups is 2. The van der Waals surface area contributed by atoms with Crippen LogP contribution in [0.25, 0.3) is 10.9 Å². The quantitative estimate of drug-likeness (QED) is 0.407. The fraction of sp³-hybridized carbons (Fsp3) is 0.154. The Balaban J connectivity index is 1.49. The van der Waals surface area contributed by atoms with Crippen molar-refractivity contribution >= 4 is 32.7 Å². The fourth-order valence-corrected chi connectivity index (χ4v) is 5.52. The van der Waals surface area contributed by atoms with Crippen molar-refractivity contribution in [3.8, 4) is 0 Å². The molecule has 2 N–H and O–H groups in total. The molecule has 0 saturated heterocycles. The molecule has 0 spiro atoms. The third-order valence-corrected chi connectivity index (χ3v) is 7.64. The Kier molecular flexibility index (Phi) is 5.66. The summed E-state index contributed by atoms with van der Waals surface area (Å²) in [5.41, 5.74) is 5.51. The van der Waals surface area contributed by atoms with E-state index in [-0.39, 0.29) is 10.8 Å². The van der Waals surface area contributed by atoms with E-state index in [0.717, 1.165) is 22.0 Å². The maximum absolute atomic E-state index is 13.5. The molecule has 0 aliphatic carbocycles. The van der Waals surface area contributed by atoms with Crippen molar-refractivity contribution in [2.24, 2.45) is 7.05 Å². The summed E-state index contributed by atoms with van der Waals surface area (Å²) < 4.78 is 27.1. The maximum atomic E-state index is 13.5. The Labute approximate surface area is 203 Å². The Morgan fingerprint density at radius 3 is 2.34 bits per heavy atom. The minimum atomic E-state index is -3.96. The molecule has 1 aliphatic heterocycles. The predicted octanol–water partition coefficient (Wildman–Crippen LogP) is 3.12. The lowest BCUT2D eigenvalue weighted by Gasteiger charge is -2.30. The zero-order valence-electron chi connectivity index (χ0n) is 19.2. The summed E-state index contributed by atoms with van der Waals surface area (Å²) in [7, 11) is -2.02. The van der Waals surface area contributed by atoms with Crippen LogP contribution in [0.4, 0.5) is 0 Å². The van der Waals surface area contributed by atoms with Gasteiger partial charge in [-0.2, -0.15) is 0 Å². The van der Waals surface area contributed by atoms with E-state index < -0.39 is 28.0 Å². The van der Waals surface area contributed by atoms with Gasteiger partial charge in [0.05, 0.1) is 10.9 Å². The summed E-state index contributed by atoms with van der Waals surface area (Å²) in [6.07, 6.45) is 1.97. The normalized spacial score (nSPS) is 16.3. The first-order valence-corrected chi connectivity index (χ1v) is 12.6. The second kappa shape index (κ2) is 8.68. The number of amides is 2. The average molecular weight is 489 g/mol. The Hall–Kier alpha value is -3.95. The van der Waals surface area contributed by atoms with Crippen LogP contribution in [0.5, 0.6) is 0 Å². The molecule has 2 unspecified atom stereocenters. The molecule has 3 aromatic carbocycles. The number of hydrogen-bond donors (Lipinski definition) is 2. The first-order chi connectivity index (χ1) is 16.8. The average Bonchev–Trinajstić information content (AvgIpc) is 3.36. The second-order valence-electron chi connectivity index (χ2n) is 8.50. The summed E-state index contributed by atoms with van der Waals surface area (Å²) in [6, 6.07) is 21.4. The minimum Gasteiger partial charge on any atom is -0.350 e. The number of nitrogens with one attached hydrogen (secondary N) is 2. The molecule has 1 aliphatic rings. The molecule has 8 nitrogen and oxygen atoms in total. The number of para-hydroxylation sites is 1. The van der Waals surface area contributed by atoms with Crippen LogP contribution in [0, 0.1) is 0 Å². The van der Waals surface area contributed by atoms with E-state index in [0.29, 0.717) is 5.56 Å². The summed E-state index contributed by atoms with van der Waals surface area (Å²) in [4.78, 5) is 30.3. The molecular weight excluding hydrogens is 464 g/mol. The van der Waals surface area contributed by atoms with Gasteiger partial charge in [0, 0.05) is 35.3 Å². The van der Waals surface area contributed by atoms with Crippen LogP contribution in [0.3, 0.4) is 0 Å². The standard InChI is InChI=1S/C26H24N4O4S/c1-17(25(31)27-28-35(33,34)18-10-4-3-5-11-18)30-24(20-13-6-7-14-21(20)26(30)32)22-16-29(2)23-15-9-8-12-19(22)23/h3-17,24,28H,1-2H3,(H,27,31). The van der Waals surface area contributed by atoms with Crippen molar-refractivity contribution in [2.45, 2.75) is 23.9 Å². The van der Waals surface area contributed by atoms with E-state index in [9.17, 15) is 18.0 Å². The topological polar surface area (TPSA) is 101 Å². The van der Waals surface area contributed by atoms with Crippen LogP contribution in [0.15, 0.2) is 90.0 Å². The van der Waals surface area contributed by atoms with Gasteiger partial charge in [0.1, 0.15) is 6.04 Å². The summed E-state index contributed by atoms with van der Waals surface area (Å²) in [5, 5.41) is 0.979. The summed E-state index contributed by atoms with van der Waals surface area (Å²) >= 11 is 0. The number of aryl methyl sites for hydroxylation is 1. The van der Waals surface area contributed by atoms with Crippen LogP contribution in [0.2, 0.25) is 0 Å². The lowest BCUT2D eigenvalue weighted by atomic mass is 9.97. The molecule has 0 saturated carbocycles. The maximum Gasteiger partial charge on any atom is 0.257 e. The van der Waals surface area contributed by atoms with Crippen LogP contribution in [-0.4, -0.2) is 35.7 Å². The van der Waals surface area contributed by atoms with Crippen LogP contribution in [-0.2, 0) is 21.9 Å². The van der Waals surface area contributed by atoms with E-state index in [1.807, 2.05) is 54.2 Å². The van der Waals surface area contributed by atoms with Gasteiger partial charge in [-0.15, -0.1) is 4.83 Å². The number of rotatable bonds is 6. The highest BCUT2D eigenvalue weighted by molar-refractivity contribution is 7.89. The first-order valence-electron chi connectivity index (χ1n) is 11.1. The van der Waals surface area contributed by atoms with Crippen LogP contribution >= 0.6 is 0 Å². The fourth-order valence-electron chi connectivity index (χ4n) is 4.65. The van der Waals surface area contributed by atoms with Gasteiger partial charge in [0.25, 0.3) is 21.8 Å². The van der Waals surface area contributed by atoms with Crippen molar-refractivity contribution in [3.05, 3.63) is 102 Å². The van der Waals surface area contributed by atoms with Crippen molar-refractivity contribution in [1.82, 2.24) is 19.7 Å². The number of hydrogen-bond acceptors (Lipinski definition) is 4. The van der Waals surface area contributed by atoms with Gasteiger partial charge in [-0.05, 0) is 36.8 Å². The Bertz CT molecular complexity index is 1550. The molecule has 1 aromatic heterocycles. The molecule has 0 bridgehead atoms. The van der Waals surface area contributed by atoms with Crippen molar-refractivity contribution in [2.75, 3.05) is 0 Å². The molecule has 2 heterocycles. The molecule has 0 radical (unpaired) electrons. The number of fused-ring (bicyclic) bond motifs is 2. The number of sulfonamides is 1. The monoisotopic (exact) mass is 488 g/mol. The molecule has 0 fully saturated rings. The first kappa shape index (κ1) is 22.8. The molecule has 35 heavy (non-hydrogen) atoms. The number of carbonyl (C=O) groups excluding carboxylic acids is 2. The van der Waals surface area contributed by atoms with Crippen molar-refractivity contribution in [3.63, 3.8) is 0 Å². The predicted molar refractivity (Wildman–Crippen MR) is 132 cm³/mol. The van der Waals surface area contributed by atoms with Crippen molar-refractivity contribution in [1.29, 1.82) is 0 Å². The number of hydrazine groups is 1. The van der Waals surface area contributed by atoms with Gasteiger partial charge < -0.3 is 9.47 Å². The van der Waals surface area contributed by atoms with E-state index >= 15 is 0 Å². The summed E-state index contributed by atoms with van der Waals surface area (Å²) in [5.74, 6) is -0.928. The number of benzene rings is 3. The SMILES string of the molecule is CC(C(=O)NNS(=O)(=O)c1ccccc1)N1C(=O)c2ccccc2C1c1cn(C)c2ccccc12. The van der Waals surface area contributed by atoms with E-state index in [2.05, 4.69) is 10.3 Å². The third kappa shape index (κ3) is 3.88. The Morgan fingerprint density at radius 2 is 1.57 bits per heavy atom. The van der Waals surface area contributed by atoms with Gasteiger partial charge in [-0.25, -0.2) is 8.42 Å². The second-order valence-corrected chi connectivity index (χ2v) is 10.2. The third-order valence-electron chi connectivity index (χ3n) is 6.38. The molecule has 4 aromatic rings. The van der Waals surface area contributed by atoms with Gasteiger partial charge in [0.15, 0.2) is 0 Å². The highest BCUT2D eigenvalue weighted by atomic mass is 32.2. The molecule has 5 rings (SSSR count). The summed E-state index contributed by atoms with van der Waals surface area (Å²) in [6.45, 7) is 1.59. The van der Waals surface area contributed by atoms with E-state index in [1.54, 1.807) is 37.3 Å². The number of nitrogens with zero attached hydrogens (tertiary/aromatic N) is 2. The largest absolute Gasteiger partial charge is 0.350 e. The zero-order chi connectivity index (χ0) is 24.7. The van der Waals surface area contributed by atoms with Gasteiger partial charge in [-0.1, -0.05) is 54.6 Å². The molecule has 178 valence electrons. The van der Waals surface area contributed by atoms with Crippen LogP contribution < -0.4 is 10.3 Å². The molecule has 2 atom stereocenters. The highest BCUT2D eigenvalue weighted by Crippen LogP contribution is 2.42. The van der Waals surface area contributed by atoms with Gasteiger partial charge in [-0.3, -0.25) is 15.0 Å². The van der Waals surface area contributed by atoms with E-state index in [4.69, 9.17) is 0 Å². The van der Waals surface area contributed by atoms with Crippen LogP contribution in [0.1, 0.15) is 34.5 Å². The zero-order valence-corrected chi connectivity index (χ0v) is 20.0. The molecular formula is C26H24N4O4S. The minimum absolute atomic E-state index is 0.0197. The van der Waals surface area contributed by atoms with Gasteiger partial charge >= 0.3 is 0 Å². The van der Waals surface area contributed by atoms with Crippen molar-refractivity contribution < 1.29 is 18.0 Å².